The van der Waals surface area contributed by atoms with Crippen LogP contribution in [0.2, 0.25) is 5.02 Å². The molecule has 0 saturated heterocycles. The smallest absolute Gasteiger partial charge is 0.228 e. The van der Waals surface area contributed by atoms with Crippen LogP contribution in [-0.4, -0.2) is 17.4 Å². The Morgan fingerprint density at radius 2 is 2.32 bits per heavy atom. The molecule has 2 rings (SSSR count). The molecule has 5 heteroatoms. The van der Waals surface area contributed by atoms with Crippen LogP contribution in [0.4, 0.5) is 5.69 Å². The lowest BCUT2D eigenvalue weighted by molar-refractivity contribution is -0.119. The van der Waals surface area contributed by atoms with E-state index < -0.39 is 0 Å². The minimum Gasteiger partial charge on any atom is -0.330 e. The van der Waals surface area contributed by atoms with Gasteiger partial charge in [0.1, 0.15) is 0 Å². The molecule has 1 unspecified atom stereocenters. The summed E-state index contributed by atoms with van der Waals surface area (Å²) in [6, 6.07) is 5.52. The lowest BCUT2D eigenvalue weighted by atomic mass is 10.1. The van der Waals surface area contributed by atoms with E-state index in [-0.39, 0.29) is 11.8 Å². The van der Waals surface area contributed by atoms with Crippen LogP contribution in [0.15, 0.2) is 24.4 Å². The van der Waals surface area contributed by atoms with E-state index in [1.807, 2.05) is 19.1 Å². The maximum atomic E-state index is 12.0. The molecule has 100 valence electrons. The Kier molecular flexibility index (Phi) is 4.02. The summed E-state index contributed by atoms with van der Waals surface area (Å²) in [5, 5.41) is 4.19. The molecule has 1 amide bonds. The van der Waals surface area contributed by atoms with Gasteiger partial charge in [0.25, 0.3) is 0 Å². The summed E-state index contributed by atoms with van der Waals surface area (Å²) in [5.74, 6) is -0.400. The Bertz CT molecular complexity index is 627. The maximum Gasteiger partial charge on any atom is 0.228 e. The van der Waals surface area contributed by atoms with E-state index in [4.69, 9.17) is 17.3 Å². The maximum absolute atomic E-state index is 12.0. The molecule has 1 aromatic carbocycles. The van der Waals surface area contributed by atoms with Crippen molar-refractivity contribution in [1.29, 1.82) is 0 Å². The quantitative estimate of drug-likeness (QED) is 0.906. The fourth-order valence-corrected chi connectivity index (χ4v) is 2.17. The minimum atomic E-state index is -0.260. The van der Waals surface area contributed by atoms with Gasteiger partial charge in [-0.15, -0.1) is 0 Å². The molecule has 4 nitrogen and oxygen atoms in total. The number of benzene rings is 1. The Morgan fingerprint density at radius 3 is 3.00 bits per heavy atom. The zero-order chi connectivity index (χ0) is 14.0. The molecule has 19 heavy (non-hydrogen) atoms. The van der Waals surface area contributed by atoms with Crippen molar-refractivity contribution in [3.8, 4) is 0 Å². The first-order valence-electron chi connectivity index (χ1n) is 6.09. The molecule has 0 aliphatic heterocycles. The summed E-state index contributed by atoms with van der Waals surface area (Å²) in [5.41, 5.74) is 7.91. The van der Waals surface area contributed by atoms with Crippen molar-refractivity contribution in [1.82, 2.24) is 4.98 Å². The van der Waals surface area contributed by atoms with Crippen molar-refractivity contribution in [3.05, 3.63) is 35.0 Å². The second kappa shape index (κ2) is 5.55. The molecular formula is C14H16ClN3O. The highest BCUT2D eigenvalue weighted by Gasteiger charge is 2.16. The van der Waals surface area contributed by atoms with Gasteiger partial charge in [-0.25, -0.2) is 0 Å². The number of anilines is 1. The standard InChI is InChI=1S/C14H16ClN3O/c1-8-6-11(15)13(18-14(19)9(2)7-16)10-4-3-5-17-12(8)10/h3-6,9H,7,16H2,1-2H3,(H,18,19). The van der Waals surface area contributed by atoms with Gasteiger partial charge in [-0.2, -0.15) is 0 Å². The van der Waals surface area contributed by atoms with Crippen molar-refractivity contribution in [2.24, 2.45) is 11.7 Å². The molecule has 0 aliphatic rings. The van der Waals surface area contributed by atoms with Crippen LogP contribution in [0.3, 0.4) is 0 Å². The SMILES string of the molecule is Cc1cc(Cl)c(NC(=O)C(C)CN)c2cccnc12. The Labute approximate surface area is 117 Å². The number of nitrogens with two attached hydrogens (primary N) is 1. The number of carbonyl (C=O) groups excluding carboxylic acids is 1. The molecule has 0 spiro atoms. The van der Waals surface area contributed by atoms with Gasteiger partial charge in [-0.1, -0.05) is 18.5 Å². The number of hydrogen-bond acceptors (Lipinski definition) is 3. The van der Waals surface area contributed by atoms with Gasteiger partial charge in [0.05, 0.1) is 16.2 Å². The third kappa shape index (κ3) is 2.69. The summed E-state index contributed by atoms with van der Waals surface area (Å²) in [6.07, 6.45) is 1.72. The van der Waals surface area contributed by atoms with Crippen molar-refractivity contribution in [3.63, 3.8) is 0 Å². The number of fused-ring (bicyclic) bond motifs is 1. The van der Waals surface area contributed by atoms with E-state index in [0.29, 0.717) is 17.3 Å². The number of hydrogen-bond donors (Lipinski definition) is 2. The molecular weight excluding hydrogens is 262 g/mol. The van der Waals surface area contributed by atoms with Crippen molar-refractivity contribution < 1.29 is 4.79 Å². The Morgan fingerprint density at radius 1 is 1.58 bits per heavy atom. The molecule has 0 radical (unpaired) electrons. The third-order valence-electron chi connectivity index (χ3n) is 3.08. The van der Waals surface area contributed by atoms with Gasteiger partial charge in [0, 0.05) is 24.0 Å². The molecule has 1 aromatic heterocycles. The number of nitrogens with one attached hydrogen (secondary N) is 1. The van der Waals surface area contributed by atoms with Gasteiger partial charge in [0.2, 0.25) is 5.91 Å². The zero-order valence-electron chi connectivity index (χ0n) is 10.9. The van der Waals surface area contributed by atoms with E-state index in [2.05, 4.69) is 10.3 Å². The molecule has 1 heterocycles. The summed E-state index contributed by atoms with van der Waals surface area (Å²) in [4.78, 5) is 16.3. The minimum absolute atomic E-state index is 0.140. The lowest BCUT2D eigenvalue weighted by Gasteiger charge is -2.14. The second-order valence-corrected chi connectivity index (χ2v) is 4.98. The second-order valence-electron chi connectivity index (χ2n) is 4.58. The Hall–Kier alpha value is -1.65. The van der Waals surface area contributed by atoms with Gasteiger partial charge in [-0.3, -0.25) is 9.78 Å². The fraction of sp³-hybridized carbons (Fsp3) is 0.286. The van der Waals surface area contributed by atoms with Crippen LogP contribution >= 0.6 is 11.6 Å². The zero-order valence-corrected chi connectivity index (χ0v) is 11.7. The normalized spacial score (nSPS) is 12.4. The van der Waals surface area contributed by atoms with Gasteiger partial charge in [-0.05, 0) is 30.7 Å². The predicted octanol–water partition coefficient (Wildman–Crippen LogP) is 2.73. The number of nitrogens with zero attached hydrogens (tertiary/aromatic N) is 1. The summed E-state index contributed by atoms with van der Waals surface area (Å²) < 4.78 is 0. The number of pyridine rings is 1. The van der Waals surface area contributed by atoms with E-state index in [1.165, 1.54) is 0 Å². The molecule has 0 saturated carbocycles. The third-order valence-corrected chi connectivity index (χ3v) is 3.38. The highest BCUT2D eigenvalue weighted by Crippen LogP contribution is 2.32. The van der Waals surface area contributed by atoms with Gasteiger partial charge < -0.3 is 11.1 Å². The van der Waals surface area contributed by atoms with E-state index in [9.17, 15) is 4.79 Å². The number of rotatable bonds is 3. The van der Waals surface area contributed by atoms with Crippen molar-refractivity contribution in [2.75, 3.05) is 11.9 Å². The average molecular weight is 278 g/mol. The first kappa shape index (κ1) is 13.8. The van der Waals surface area contributed by atoms with Crippen molar-refractivity contribution in [2.45, 2.75) is 13.8 Å². The number of aryl methyl sites for hydroxylation is 1. The highest BCUT2D eigenvalue weighted by atomic mass is 35.5. The van der Waals surface area contributed by atoms with Crippen LogP contribution in [0, 0.1) is 12.8 Å². The highest BCUT2D eigenvalue weighted by molar-refractivity contribution is 6.35. The molecule has 0 bridgehead atoms. The largest absolute Gasteiger partial charge is 0.330 e. The summed E-state index contributed by atoms with van der Waals surface area (Å²) >= 11 is 6.23. The number of amides is 1. The van der Waals surface area contributed by atoms with Gasteiger partial charge >= 0.3 is 0 Å². The van der Waals surface area contributed by atoms with Crippen LogP contribution in [-0.2, 0) is 4.79 Å². The summed E-state index contributed by atoms with van der Waals surface area (Å²) in [7, 11) is 0. The summed E-state index contributed by atoms with van der Waals surface area (Å²) in [6.45, 7) is 4.01. The van der Waals surface area contributed by atoms with E-state index >= 15 is 0 Å². The Balaban J connectivity index is 2.51. The number of halogens is 1. The number of carbonyl (C=O) groups is 1. The molecule has 0 fully saturated rings. The lowest BCUT2D eigenvalue weighted by Crippen LogP contribution is -2.26. The van der Waals surface area contributed by atoms with Crippen LogP contribution in [0.1, 0.15) is 12.5 Å². The fourth-order valence-electron chi connectivity index (χ4n) is 1.86. The molecule has 3 N–H and O–H groups in total. The van der Waals surface area contributed by atoms with E-state index in [1.54, 1.807) is 19.2 Å². The predicted molar refractivity (Wildman–Crippen MR) is 78.3 cm³/mol. The van der Waals surface area contributed by atoms with Crippen LogP contribution in [0.5, 0.6) is 0 Å². The monoisotopic (exact) mass is 277 g/mol. The number of aromatic nitrogens is 1. The van der Waals surface area contributed by atoms with Crippen LogP contribution in [0.25, 0.3) is 10.9 Å². The molecule has 0 aliphatic carbocycles. The van der Waals surface area contributed by atoms with Crippen molar-refractivity contribution >= 4 is 34.1 Å². The molecule has 2 aromatic rings. The first-order chi connectivity index (χ1) is 9.04. The topological polar surface area (TPSA) is 68.0 Å². The van der Waals surface area contributed by atoms with Gasteiger partial charge in [0.15, 0.2) is 0 Å². The average Bonchev–Trinajstić information content (AvgIpc) is 2.42. The molecule has 1 atom stereocenters. The van der Waals surface area contributed by atoms with Crippen LogP contribution < -0.4 is 11.1 Å². The van der Waals surface area contributed by atoms with E-state index in [0.717, 1.165) is 16.5 Å². The first-order valence-corrected chi connectivity index (χ1v) is 6.47.